The molecule has 0 spiro atoms. The fourth-order valence-corrected chi connectivity index (χ4v) is 1.62. The summed E-state index contributed by atoms with van der Waals surface area (Å²) in [4.78, 5) is 0. The molecule has 0 aliphatic heterocycles. The lowest BCUT2D eigenvalue weighted by atomic mass is 10.2. The lowest BCUT2D eigenvalue weighted by molar-refractivity contribution is 0.414. The Labute approximate surface area is 104 Å². The topological polar surface area (TPSA) is 50.8 Å². The Bertz CT molecular complexity index is 579. The third-order valence-corrected chi connectivity index (χ3v) is 2.78. The molecule has 1 aromatic heterocycles. The van der Waals surface area contributed by atoms with E-state index in [2.05, 4.69) is 11.2 Å². The minimum Gasteiger partial charge on any atom is -0.497 e. The van der Waals surface area contributed by atoms with E-state index >= 15 is 0 Å². The molecule has 86 valence electrons. The molecule has 0 unspecified atom stereocenters. The molecule has 4 nitrogen and oxygen atoms in total. The first-order valence-corrected chi connectivity index (χ1v) is 5.34. The fraction of sp³-hybridized carbons (Fsp3) is 0.167. The quantitative estimate of drug-likeness (QED) is 0.820. The molecule has 2 aromatic rings. The van der Waals surface area contributed by atoms with Crippen molar-refractivity contribution in [3.05, 3.63) is 40.7 Å². The average molecular weight is 248 g/mol. The molecular formula is C12H10ClN3O. The molecule has 0 bridgehead atoms. The Morgan fingerprint density at radius 3 is 2.76 bits per heavy atom. The predicted molar refractivity (Wildman–Crippen MR) is 64.6 cm³/mol. The summed E-state index contributed by atoms with van der Waals surface area (Å²) in [7, 11) is 1.58. The Morgan fingerprint density at radius 1 is 1.47 bits per heavy atom. The number of halogens is 1. The van der Waals surface area contributed by atoms with Gasteiger partial charge in [-0.3, -0.25) is 0 Å². The van der Waals surface area contributed by atoms with E-state index in [0.29, 0.717) is 22.0 Å². The Balaban J connectivity index is 2.60. The summed E-state index contributed by atoms with van der Waals surface area (Å²) in [6.45, 7) is 1.81. The number of nitrogens with zero attached hydrogens (tertiary/aromatic N) is 3. The number of rotatable bonds is 2. The van der Waals surface area contributed by atoms with Gasteiger partial charge in [-0.1, -0.05) is 11.6 Å². The Kier molecular flexibility index (Phi) is 3.03. The van der Waals surface area contributed by atoms with Crippen molar-refractivity contribution in [3.8, 4) is 17.5 Å². The van der Waals surface area contributed by atoms with Crippen LogP contribution in [0.25, 0.3) is 5.69 Å². The summed E-state index contributed by atoms with van der Waals surface area (Å²) in [5.41, 5.74) is 1.89. The smallest absolute Gasteiger partial charge is 0.121 e. The first-order valence-electron chi connectivity index (χ1n) is 4.96. The molecule has 0 fully saturated rings. The van der Waals surface area contributed by atoms with Crippen molar-refractivity contribution >= 4 is 11.6 Å². The Hall–Kier alpha value is -1.99. The second kappa shape index (κ2) is 4.48. The van der Waals surface area contributed by atoms with Crippen LogP contribution >= 0.6 is 11.6 Å². The van der Waals surface area contributed by atoms with Crippen LogP contribution in [0.5, 0.6) is 5.75 Å². The number of ether oxygens (including phenoxy) is 1. The maximum Gasteiger partial charge on any atom is 0.121 e. The van der Waals surface area contributed by atoms with E-state index in [4.69, 9.17) is 21.6 Å². The monoisotopic (exact) mass is 247 g/mol. The van der Waals surface area contributed by atoms with Gasteiger partial charge >= 0.3 is 0 Å². The molecule has 0 atom stereocenters. The largest absolute Gasteiger partial charge is 0.497 e. The molecule has 0 aliphatic rings. The normalized spacial score (nSPS) is 10.0. The first-order chi connectivity index (χ1) is 8.15. The second-order valence-electron chi connectivity index (χ2n) is 3.50. The van der Waals surface area contributed by atoms with Crippen molar-refractivity contribution in [2.24, 2.45) is 0 Å². The van der Waals surface area contributed by atoms with E-state index in [9.17, 15) is 0 Å². The van der Waals surface area contributed by atoms with Crippen LogP contribution in [0.15, 0.2) is 24.4 Å². The van der Waals surface area contributed by atoms with Gasteiger partial charge < -0.3 is 4.74 Å². The molecule has 0 saturated carbocycles. The number of methoxy groups -OCH3 is 1. The van der Waals surface area contributed by atoms with E-state index < -0.39 is 0 Å². The summed E-state index contributed by atoms with van der Waals surface area (Å²) < 4.78 is 6.71. The zero-order valence-electron chi connectivity index (χ0n) is 9.44. The number of nitriles is 1. The standard InChI is InChI=1S/C12H10ClN3O/c1-8-11(13)7-16(15-8)12-5-10(17-2)4-3-9(12)6-14/h3-5,7H,1-2H3. The van der Waals surface area contributed by atoms with E-state index in [1.54, 1.807) is 36.2 Å². The highest BCUT2D eigenvalue weighted by atomic mass is 35.5. The SMILES string of the molecule is COc1ccc(C#N)c(-n2cc(Cl)c(C)n2)c1. The van der Waals surface area contributed by atoms with Crippen LogP contribution < -0.4 is 4.74 Å². The third-order valence-electron chi connectivity index (χ3n) is 2.41. The highest BCUT2D eigenvalue weighted by molar-refractivity contribution is 6.31. The van der Waals surface area contributed by atoms with Crippen molar-refractivity contribution in [2.75, 3.05) is 7.11 Å². The van der Waals surface area contributed by atoms with Crippen LogP contribution in [0.3, 0.4) is 0 Å². The molecule has 1 aromatic carbocycles. The van der Waals surface area contributed by atoms with Gasteiger partial charge in [-0.2, -0.15) is 10.4 Å². The van der Waals surface area contributed by atoms with Gasteiger partial charge in [-0.05, 0) is 19.1 Å². The molecule has 0 amide bonds. The lowest BCUT2D eigenvalue weighted by Gasteiger charge is -2.06. The fourth-order valence-electron chi connectivity index (χ4n) is 1.48. The summed E-state index contributed by atoms with van der Waals surface area (Å²) in [5.74, 6) is 0.670. The number of hydrogen-bond donors (Lipinski definition) is 0. The van der Waals surface area contributed by atoms with Gasteiger partial charge in [0.2, 0.25) is 0 Å². The van der Waals surface area contributed by atoms with Crippen molar-refractivity contribution in [3.63, 3.8) is 0 Å². The third kappa shape index (κ3) is 2.10. The molecule has 17 heavy (non-hydrogen) atoms. The van der Waals surface area contributed by atoms with Gasteiger partial charge in [0.15, 0.2) is 0 Å². The molecule has 0 saturated heterocycles. The number of benzene rings is 1. The van der Waals surface area contributed by atoms with E-state index in [1.807, 2.05) is 6.92 Å². The van der Waals surface area contributed by atoms with Crippen LogP contribution in [0.1, 0.15) is 11.3 Å². The van der Waals surface area contributed by atoms with E-state index in [1.165, 1.54) is 0 Å². The van der Waals surface area contributed by atoms with Crippen LogP contribution in [-0.2, 0) is 0 Å². The van der Waals surface area contributed by atoms with Gasteiger partial charge in [-0.15, -0.1) is 0 Å². The minimum absolute atomic E-state index is 0.518. The molecular weight excluding hydrogens is 238 g/mol. The second-order valence-corrected chi connectivity index (χ2v) is 3.91. The van der Waals surface area contributed by atoms with Gasteiger partial charge in [0.05, 0.1) is 29.1 Å². The van der Waals surface area contributed by atoms with Crippen molar-refractivity contribution in [2.45, 2.75) is 6.92 Å². The van der Waals surface area contributed by atoms with Crippen molar-refractivity contribution in [1.82, 2.24) is 9.78 Å². The summed E-state index contributed by atoms with van der Waals surface area (Å²) in [6, 6.07) is 7.30. The molecule has 2 rings (SSSR count). The minimum atomic E-state index is 0.518. The maximum atomic E-state index is 9.05. The van der Waals surface area contributed by atoms with Crippen LogP contribution in [0, 0.1) is 18.3 Å². The predicted octanol–water partition coefficient (Wildman–Crippen LogP) is 2.71. The Morgan fingerprint density at radius 2 is 2.24 bits per heavy atom. The van der Waals surface area contributed by atoms with E-state index in [0.717, 1.165) is 5.69 Å². The zero-order chi connectivity index (χ0) is 12.4. The van der Waals surface area contributed by atoms with Gasteiger partial charge in [0.25, 0.3) is 0 Å². The highest BCUT2D eigenvalue weighted by Gasteiger charge is 2.09. The number of aryl methyl sites for hydroxylation is 1. The van der Waals surface area contributed by atoms with Gasteiger partial charge in [0.1, 0.15) is 11.8 Å². The maximum absolute atomic E-state index is 9.05. The molecule has 0 aliphatic carbocycles. The first kappa shape index (κ1) is 11.5. The molecule has 5 heteroatoms. The van der Waals surface area contributed by atoms with Gasteiger partial charge in [0, 0.05) is 12.3 Å². The molecule has 0 radical (unpaired) electrons. The number of aromatic nitrogens is 2. The van der Waals surface area contributed by atoms with Crippen LogP contribution in [0.4, 0.5) is 0 Å². The number of hydrogen-bond acceptors (Lipinski definition) is 3. The lowest BCUT2D eigenvalue weighted by Crippen LogP contribution is -1.99. The molecule has 1 heterocycles. The summed E-state index contributed by atoms with van der Waals surface area (Å²) >= 11 is 5.95. The zero-order valence-corrected chi connectivity index (χ0v) is 10.2. The van der Waals surface area contributed by atoms with Crippen molar-refractivity contribution < 1.29 is 4.74 Å². The van der Waals surface area contributed by atoms with Crippen molar-refractivity contribution in [1.29, 1.82) is 5.26 Å². The summed E-state index contributed by atoms with van der Waals surface area (Å²) in [5, 5.41) is 13.9. The highest BCUT2D eigenvalue weighted by Crippen LogP contribution is 2.23. The van der Waals surface area contributed by atoms with Crippen LogP contribution in [0.2, 0.25) is 5.02 Å². The average Bonchev–Trinajstić information content (AvgIpc) is 2.68. The van der Waals surface area contributed by atoms with Gasteiger partial charge in [-0.25, -0.2) is 4.68 Å². The van der Waals surface area contributed by atoms with E-state index in [-0.39, 0.29) is 0 Å². The van der Waals surface area contributed by atoms with Crippen LogP contribution in [-0.4, -0.2) is 16.9 Å². The summed E-state index contributed by atoms with van der Waals surface area (Å²) in [6.07, 6.45) is 1.67. The molecule has 0 N–H and O–H groups in total.